The molecule has 1 aromatic carbocycles. The number of nitrogens with one attached hydrogen (secondary N) is 2. The van der Waals surface area contributed by atoms with Crippen molar-refractivity contribution in [2.75, 3.05) is 13.7 Å². The van der Waals surface area contributed by atoms with E-state index >= 15 is 0 Å². The van der Waals surface area contributed by atoms with Gasteiger partial charge >= 0.3 is 5.97 Å². The molecular weight excluding hydrogens is 396 g/mol. The highest BCUT2D eigenvalue weighted by atomic mass is 16.5. The van der Waals surface area contributed by atoms with Gasteiger partial charge < -0.3 is 20.1 Å². The fourth-order valence-electron chi connectivity index (χ4n) is 3.16. The predicted molar refractivity (Wildman–Crippen MR) is 119 cm³/mol. The zero-order valence-corrected chi connectivity index (χ0v) is 18.5. The molecule has 1 aliphatic carbocycles. The van der Waals surface area contributed by atoms with Crippen molar-refractivity contribution < 1.29 is 23.9 Å². The number of esters is 1. The van der Waals surface area contributed by atoms with Gasteiger partial charge in [0.2, 0.25) is 5.91 Å². The first-order chi connectivity index (χ1) is 14.9. The molecule has 7 heteroatoms. The van der Waals surface area contributed by atoms with E-state index in [2.05, 4.69) is 16.7 Å². The lowest BCUT2D eigenvalue weighted by atomic mass is 9.97. The highest BCUT2D eigenvalue weighted by Gasteiger charge is 2.22. The number of amides is 2. The first-order valence-electron chi connectivity index (χ1n) is 10.7. The topological polar surface area (TPSA) is 93.7 Å². The Bertz CT molecular complexity index is 814. The van der Waals surface area contributed by atoms with Crippen LogP contribution in [-0.2, 0) is 19.1 Å². The largest absolute Gasteiger partial charge is 0.497 e. The molecule has 0 saturated heterocycles. The molecule has 168 valence electrons. The van der Waals surface area contributed by atoms with E-state index in [4.69, 9.17) is 9.47 Å². The van der Waals surface area contributed by atoms with Crippen LogP contribution in [0.3, 0.4) is 0 Å². The van der Waals surface area contributed by atoms with Crippen molar-refractivity contribution in [1.82, 2.24) is 10.6 Å². The number of hydrogen-bond acceptors (Lipinski definition) is 5. The van der Waals surface area contributed by atoms with Gasteiger partial charge in [0.15, 0.2) is 6.10 Å². The Morgan fingerprint density at radius 1 is 1.13 bits per heavy atom. The van der Waals surface area contributed by atoms with Gasteiger partial charge in [0.05, 0.1) is 7.11 Å². The molecule has 0 radical (unpaired) electrons. The van der Waals surface area contributed by atoms with Gasteiger partial charge in [-0.3, -0.25) is 9.59 Å². The summed E-state index contributed by atoms with van der Waals surface area (Å²) in [7, 11) is 1.58. The molecule has 0 heterocycles. The van der Waals surface area contributed by atoms with E-state index < -0.39 is 24.0 Å². The van der Waals surface area contributed by atoms with E-state index in [0.29, 0.717) is 6.54 Å². The molecule has 1 aliphatic rings. The van der Waals surface area contributed by atoms with E-state index in [1.54, 1.807) is 25.3 Å². The minimum atomic E-state index is -0.929. The van der Waals surface area contributed by atoms with Crippen LogP contribution in [0.1, 0.15) is 51.5 Å². The maximum Gasteiger partial charge on any atom is 0.329 e. The maximum absolute atomic E-state index is 12.2. The Kier molecular flexibility index (Phi) is 9.81. The molecule has 7 nitrogen and oxygen atoms in total. The molecule has 2 rings (SSSR count). The number of allylic oxidation sites excluding steroid dienone is 1. The highest BCUT2D eigenvalue weighted by Crippen LogP contribution is 2.19. The van der Waals surface area contributed by atoms with Crippen LogP contribution in [0, 0.1) is 0 Å². The molecule has 0 saturated carbocycles. The fourth-order valence-corrected chi connectivity index (χ4v) is 3.16. The van der Waals surface area contributed by atoms with Gasteiger partial charge in [-0.25, -0.2) is 4.79 Å². The van der Waals surface area contributed by atoms with Crippen LogP contribution < -0.4 is 15.4 Å². The smallest absolute Gasteiger partial charge is 0.329 e. The average Bonchev–Trinajstić information content (AvgIpc) is 2.78. The summed E-state index contributed by atoms with van der Waals surface area (Å²) in [5.41, 5.74) is 2.19. The third-order valence-electron chi connectivity index (χ3n) is 5.05. The van der Waals surface area contributed by atoms with E-state index in [1.807, 2.05) is 12.1 Å². The summed E-state index contributed by atoms with van der Waals surface area (Å²) in [6.07, 6.45) is 9.72. The first kappa shape index (κ1) is 24.2. The summed E-state index contributed by atoms with van der Waals surface area (Å²) in [6.45, 7) is 3.56. The molecule has 0 bridgehead atoms. The van der Waals surface area contributed by atoms with E-state index in [-0.39, 0.29) is 5.91 Å². The van der Waals surface area contributed by atoms with Gasteiger partial charge in [-0.2, -0.15) is 0 Å². The number of benzene rings is 1. The van der Waals surface area contributed by atoms with Crippen LogP contribution in [-0.4, -0.2) is 43.6 Å². The number of hydrogen-bond donors (Lipinski definition) is 2. The number of rotatable bonds is 10. The molecule has 0 unspecified atom stereocenters. The van der Waals surface area contributed by atoms with Crippen molar-refractivity contribution in [2.24, 2.45) is 0 Å². The van der Waals surface area contributed by atoms with Crippen LogP contribution in [0.2, 0.25) is 0 Å². The zero-order chi connectivity index (χ0) is 22.6. The summed E-state index contributed by atoms with van der Waals surface area (Å²) in [5.74, 6) is -0.716. The molecule has 0 aliphatic heterocycles. The number of methoxy groups -OCH3 is 1. The third kappa shape index (κ3) is 8.66. The number of carbonyl (C=O) groups excluding carboxylic acids is 3. The summed E-state index contributed by atoms with van der Waals surface area (Å²) in [5, 5.41) is 5.34. The van der Waals surface area contributed by atoms with E-state index in [9.17, 15) is 14.4 Å². The third-order valence-corrected chi connectivity index (χ3v) is 5.05. The summed E-state index contributed by atoms with van der Waals surface area (Å²) < 4.78 is 10.3. The Morgan fingerprint density at radius 2 is 1.87 bits per heavy atom. The maximum atomic E-state index is 12.2. The Morgan fingerprint density at radius 3 is 2.52 bits per heavy atom. The molecular formula is C24H32N2O5. The first-order valence-corrected chi connectivity index (χ1v) is 10.7. The van der Waals surface area contributed by atoms with Gasteiger partial charge in [0.25, 0.3) is 5.91 Å². The van der Waals surface area contributed by atoms with Crippen LogP contribution in [0.15, 0.2) is 42.0 Å². The Balaban J connectivity index is 1.71. The van der Waals surface area contributed by atoms with Crippen molar-refractivity contribution in [3.8, 4) is 5.75 Å². The highest BCUT2D eigenvalue weighted by molar-refractivity contribution is 5.94. The van der Waals surface area contributed by atoms with E-state index in [1.165, 1.54) is 38.3 Å². The van der Waals surface area contributed by atoms with Crippen molar-refractivity contribution in [3.63, 3.8) is 0 Å². The van der Waals surface area contributed by atoms with Crippen LogP contribution in [0.4, 0.5) is 0 Å². The van der Waals surface area contributed by atoms with Gasteiger partial charge in [0, 0.05) is 12.6 Å². The lowest BCUT2D eigenvalue weighted by Crippen LogP contribution is -2.43. The van der Waals surface area contributed by atoms with Crippen LogP contribution in [0.25, 0.3) is 6.08 Å². The normalized spacial score (nSPS) is 15.5. The van der Waals surface area contributed by atoms with Gasteiger partial charge in [-0.1, -0.05) is 23.8 Å². The predicted octanol–water partition coefficient (Wildman–Crippen LogP) is 3.15. The lowest BCUT2D eigenvalue weighted by molar-refractivity contribution is -0.157. The van der Waals surface area contributed by atoms with Crippen molar-refractivity contribution in [1.29, 1.82) is 0 Å². The number of carbonyl (C=O) groups is 3. The minimum absolute atomic E-state index is 0.345. The van der Waals surface area contributed by atoms with Crippen LogP contribution in [0.5, 0.6) is 5.75 Å². The van der Waals surface area contributed by atoms with Gasteiger partial charge in [-0.15, -0.1) is 0 Å². The quantitative estimate of drug-likeness (QED) is 0.339. The molecule has 1 aromatic rings. The van der Waals surface area contributed by atoms with Crippen molar-refractivity contribution in [2.45, 2.75) is 58.1 Å². The second kappa shape index (κ2) is 12.6. The molecule has 2 amide bonds. The molecule has 0 aromatic heterocycles. The molecule has 31 heavy (non-hydrogen) atoms. The second-order valence-corrected chi connectivity index (χ2v) is 7.57. The van der Waals surface area contributed by atoms with E-state index in [0.717, 1.165) is 30.6 Å². The fraction of sp³-hybridized carbons (Fsp3) is 0.458. The van der Waals surface area contributed by atoms with Crippen molar-refractivity contribution in [3.05, 3.63) is 47.6 Å². The zero-order valence-electron chi connectivity index (χ0n) is 18.5. The minimum Gasteiger partial charge on any atom is -0.497 e. The standard InChI is InChI=1S/C24H32N2O5/c1-17(26-22(27)14-11-20-9-12-21(30-3)13-10-20)24(29)31-18(2)23(28)25-16-15-19-7-5-4-6-8-19/h7,9-14,17-18H,4-6,8,15-16H2,1-3H3,(H,25,28)(H,26,27)/b14-11+/t17-,18-/m0/s1. The average molecular weight is 429 g/mol. The second-order valence-electron chi connectivity index (χ2n) is 7.57. The summed E-state index contributed by atoms with van der Waals surface area (Å²) in [6, 6.07) is 6.32. The lowest BCUT2D eigenvalue weighted by Gasteiger charge is -2.18. The molecule has 0 fully saturated rings. The number of ether oxygens (including phenoxy) is 2. The Hall–Kier alpha value is -3.09. The van der Waals surface area contributed by atoms with Crippen LogP contribution >= 0.6 is 0 Å². The van der Waals surface area contributed by atoms with Gasteiger partial charge in [0.1, 0.15) is 11.8 Å². The SMILES string of the molecule is COc1ccc(/C=C/C(=O)N[C@@H](C)C(=O)O[C@@H](C)C(=O)NCCC2=CCCCC2)cc1. The molecule has 2 N–H and O–H groups in total. The molecule has 2 atom stereocenters. The summed E-state index contributed by atoms with van der Waals surface area (Å²) in [4.78, 5) is 36.4. The van der Waals surface area contributed by atoms with Crippen molar-refractivity contribution >= 4 is 23.9 Å². The Labute approximate surface area is 183 Å². The van der Waals surface area contributed by atoms with Gasteiger partial charge in [-0.05, 0) is 69.7 Å². The summed E-state index contributed by atoms with van der Waals surface area (Å²) >= 11 is 0. The molecule has 0 spiro atoms. The monoisotopic (exact) mass is 428 g/mol.